The van der Waals surface area contributed by atoms with Crippen LogP contribution in [0.3, 0.4) is 0 Å². The number of carbonyl (C=O) groups is 1. The number of hydrogen-bond acceptors (Lipinski definition) is 4. The van der Waals surface area contributed by atoms with E-state index in [0.717, 1.165) is 17.7 Å². The lowest BCUT2D eigenvalue weighted by Crippen LogP contribution is -2.37. The molecule has 0 saturated carbocycles. The molecule has 0 atom stereocenters. The summed E-state index contributed by atoms with van der Waals surface area (Å²) in [6, 6.07) is 7.54. The molecule has 1 N–H and O–H groups in total. The van der Waals surface area contributed by atoms with Crippen LogP contribution in [0.2, 0.25) is 0 Å². The van der Waals surface area contributed by atoms with Crippen LogP contribution in [0.5, 0.6) is 0 Å². The summed E-state index contributed by atoms with van der Waals surface area (Å²) < 4.78 is 5.25. The van der Waals surface area contributed by atoms with Gasteiger partial charge in [-0.25, -0.2) is 0 Å². The number of ether oxygens (including phenoxy) is 1. The zero-order valence-electron chi connectivity index (χ0n) is 11.7. The van der Waals surface area contributed by atoms with Gasteiger partial charge in [-0.3, -0.25) is 4.79 Å². The van der Waals surface area contributed by atoms with E-state index < -0.39 is 0 Å². The topological polar surface area (TPSA) is 62.1 Å². The van der Waals surface area contributed by atoms with Crippen molar-refractivity contribution in [1.82, 2.24) is 0 Å². The van der Waals surface area contributed by atoms with Gasteiger partial charge in [-0.2, -0.15) is 0 Å². The highest BCUT2D eigenvalue weighted by Crippen LogP contribution is 2.27. The van der Waals surface area contributed by atoms with Crippen molar-refractivity contribution < 1.29 is 14.7 Å². The van der Waals surface area contributed by atoms with E-state index in [0.29, 0.717) is 38.3 Å². The van der Waals surface area contributed by atoms with Gasteiger partial charge in [0.2, 0.25) is 5.91 Å². The van der Waals surface area contributed by atoms with E-state index in [9.17, 15) is 4.79 Å². The molecular weight excluding hydrogens is 256 g/mol. The summed E-state index contributed by atoms with van der Waals surface area (Å²) in [5.74, 6) is 0.0918. The first-order valence-electron chi connectivity index (χ1n) is 6.96. The highest BCUT2D eigenvalue weighted by atomic mass is 16.5. The Morgan fingerprint density at radius 2 is 2.25 bits per heavy atom. The highest BCUT2D eigenvalue weighted by molar-refractivity contribution is 6.11. The maximum Gasteiger partial charge on any atom is 0.227 e. The van der Waals surface area contributed by atoms with Gasteiger partial charge in [0.05, 0.1) is 11.4 Å². The Morgan fingerprint density at radius 3 is 3.00 bits per heavy atom. The molecule has 5 nitrogen and oxygen atoms in total. The number of nitrogens with zero attached hydrogens (tertiary/aromatic N) is 2. The van der Waals surface area contributed by atoms with E-state index >= 15 is 0 Å². The molecule has 0 unspecified atom stereocenters. The molecule has 1 aliphatic heterocycles. The highest BCUT2D eigenvalue weighted by Gasteiger charge is 2.25. The third-order valence-electron chi connectivity index (χ3n) is 3.38. The van der Waals surface area contributed by atoms with Crippen LogP contribution >= 0.6 is 0 Å². The van der Waals surface area contributed by atoms with Crippen molar-refractivity contribution in [2.24, 2.45) is 5.16 Å². The van der Waals surface area contributed by atoms with Gasteiger partial charge in [0, 0.05) is 38.2 Å². The lowest BCUT2D eigenvalue weighted by molar-refractivity contribution is -0.119. The van der Waals surface area contributed by atoms with Crippen LogP contribution in [-0.4, -0.2) is 36.6 Å². The van der Waals surface area contributed by atoms with Crippen molar-refractivity contribution in [3.8, 4) is 0 Å². The Bertz CT molecular complexity index is 500. The van der Waals surface area contributed by atoms with Crippen molar-refractivity contribution in [2.75, 3.05) is 24.7 Å². The maximum absolute atomic E-state index is 12.3. The van der Waals surface area contributed by atoms with Gasteiger partial charge in [-0.05, 0) is 19.4 Å². The largest absolute Gasteiger partial charge is 0.411 e. The van der Waals surface area contributed by atoms with Crippen LogP contribution in [0.1, 0.15) is 31.7 Å². The zero-order chi connectivity index (χ0) is 14.4. The number of benzene rings is 1. The van der Waals surface area contributed by atoms with Crippen LogP contribution in [-0.2, 0) is 9.53 Å². The maximum atomic E-state index is 12.3. The van der Waals surface area contributed by atoms with Crippen molar-refractivity contribution in [1.29, 1.82) is 0 Å². The monoisotopic (exact) mass is 276 g/mol. The molecule has 5 heteroatoms. The summed E-state index contributed by atoms with van der Waals surface area (Å²) in [4.78, 5) is 14.1. The molecule has 1 amide bonds. The van der Waals surface area contributed by atoms with Crippen LogP contribution in [0.25, 0.3) is 0 Å². The lowest BCUT2D eigenvalue weighted by Gasteiger charge is -2.29. The second-order valence-electron chi connectivity index (χ2n) is 4.66. The van der Waals surface area contributed by atoms with Gasteiger partial charge in [-0.1, -0.05) is 23.4 Å². The van der Waals surface area contributed by atoms with Crippen molar-refractivity contribution in [3.63, 3.8) is 0 Å². The fourth-order valence-corrected chi connectivity index (χ4v) is 2.39. The Labute approximate surface area is 118 Å². The summed E-state index contributed by atoms with van der Waals surface area (Å²) in [5.41, 5.74) is 2.30. The fourth-order valence-electron chi connectivity index (χ4n) is 2.39. The molecule has 1 aromatic carbocycles. The molecule has 0 aliphatic carbocycles. The number of amides is 1. The minimum absolute atomic E-state index is 0.0918. The minimum Gasteiger partial charge on any atom is -0.411 e. The summed E-state index contributed by atoms with van der Waals surface area (Å²) in [7, 11) is 0. The van der Waals surface area contributed by atoms with Crippen molar-refractivity contribution in [2.45, 2.75) is 26.2 Å². The third kappa shape index (κ3) is 3.17. The first-order valence-corrected chi connectivity index (χ1v) is 6.96. The van der Waals surface area contributed by atoms with Crippen molar-refractivity contribution >= 4 is 17.3 Å². The summed E-state index contributed by atoms with van der Waals surface area (Å²) >= 11 is 0. The molecule has 20 heavy (non-hydrogen) atoms. The van der Waals surface area contributed by atoms with Gasteiger partial charge in [0.1, 0.15) is 0 Å². The van der Waals surface area contributed by atoms with E-state index in [2.05, 4.69) is 5.16 Å². The number of rotatable bonds is 5. The Hall–Kier alpha value is -1.88. The van der Waals surface area contributed by atoms with Crippen LogP contribution in [0.15, 0.2) is 29.4 Å². The number of hydrogen-bond donors (Lipinski definition) is 1. The molecule has 1 aromatic rings. The van der Waals surface area contributed by atoms with E-state index in [1.54, 1.807) is 4.90 Å². The van der Waals surface area contributed by atoms with Gasteiger partial charge < -0.3 is 14.8 Å². The van der Waals surface area contributed by atoms with Gasteiger partial charge in [-0.15, -0.1) is 0 Å². The SMILES string of the molecule is CCOCCCC(=O)N1CC/C(=N/O)c2ccccc21. The summed E-state index contributed by atoms with van der Waals surface area (Å²) in [5, 5.41) is 12.4. The van der Waals surface area contributed by atoms with E-state index in [1.165, 1.54) is 0 Å². The molecule has 0 fully saturated rings. The predicted octanol–water partition coefficient (Wildman–Crippen LogP) is 2.42. The molecule has 0 aromatic heterocycles. The van der Waals surface area contributed by atoms with E-state index in [4.69, 9.17) is 9.94 Å². The molecule has 0 bridgehead atoms. The first-order chi connectivity index (χ1) is 9.77. The second kappa shape index (κ2) is 7.05. The van der Waals surface area contributed by atoms with Gasteiger partial charge in [0.25, 0.3) is 0 Å². The van der Waals surface area contributed by atoms with E-state index in [1.807, 2.05) is 31.2 Å². The minimum atomic E-state index is 0.0918. The van der Waals surface area contributed by atoms with Crippen molar-refractivity contribution in [3.05, 3.63) is 29.8 Å². The number of oxime groups is 1. The van der Waals surface area contributed by atoms with Gasteiger partial charge >= 0.3 is 0 Å². The Morgan fingerprint density at radius 1 is 1.45 bits per heavy atom. The second-order valence-corrected chi connectivity index (χ2v) is 4.66. The number of fused-ring (bicyclic) bond motifs is 1. The zero-order valence-corrected chi connectivity index (χ0v) is 11.7. The molecule has 2 rings (SSSR count). The Kier molecular flexibility index (Phi) is 5.12. The summed E-state index contributed by atoms with van der Waals surface area (Å²) in [6.07, 6.45) is 1.77. The molecule has 1 aliphatic rings. The average Bonchev–Trinajstić information content (AvgIpc) is 2.50. The quantitative estimate of drug-likeness (QED) is 0.510. The molecule has 0 radical (unpaired) electrons. The average molecular weight is 276 g/mol. The lowest BCUT2D eigenvalue weighted by atomic mass is 9.99. The number of carbonyl (C=O) groups excluding carboxylic acids is 1. The normalized spacial score (nSPS) is 16.2. The molecule has 0 spiro atoms. The molecule has 108 valence electrons. The van der Waals surface area contributed by atoms with Crippen LogP contribution in [0, 0.1) is 0 Å². The predicted molar refractivity (Wildman–Crippen MR) is 77.5 cm³/mol. The van der Waals surface area contributed by atoms with Crippen LogP contribution in [0.4, 0.5) is 5.69 Å². The smallest absolute Gasteiger partial charge is 0.227 e. The number of anilines is 1. The van der Waals surface area contributed by atoms with E-state index in [-0.39, 0.29) is 5.91 Å². The molecule has 0 saturated heterocycles. The third-order valence-corrected chi connectivity index (χ3v) is 3.38. The number of para-hydroxylation sites is 1. The Balaban J connectivity index is 2.08. The fraction of sp³-hybridized carbons (Fsp3) is 0.467. The summed E-state index contributed by atoms with van der Waals surface area (Å²) in [6.45, 7) is 3.79. The van der Waals surface area contributed by atoms with Crippen LogP contribution < -0.4 is 4.90 Å². The standard InChI is InChI=1S/C15H20N2O3/c1-2-20-11-5-8-15(18)17-10-9-13(16-19)12-6-3-4-7-14(12)17/h3-4,6-7,19H,2,5,8-11H2,1H3/b16-13-. The first kappa shape index (κ1) is 14.5. The van der Waals surface area contributed by atoms with Gasteiger partial charge in [0.15, 0.2) is 0 Å². The molecular formula is C15H20N2O3. The molecule has 1 heterocycles.